The van der Waals surface area contributed by atoms with Crippen LogP contribution in [0.5, 0.6) is 0 Å². The Morgan fingerprint density at radius 2 is 1.93 bits per heavy atom. The minimum Gasteiger partial charge on any atom is -0.370 e. The molecule has 1 aromatic heterocycles. The molecule has 2 aromatic carbocycles. The van der Waals surface area contributed by atoms with Crippen molar-refractivity contribution in [1.29, 1.82) is 0 Å². The molecular formula is C23H24ClN3OS2. The number of halogens is 1. The predicted molar refractivity (Wildman–Crippen MR) is 129 cm³/mol. The molecule has 0 unspecified atom stereocenters. The number of benzene rings is 2. The third kappa shape index (κ3) is 5.36. The summed E-state index contributed by atoms with van der Waals surface area (Å²) in [5, 5.41) is 5.72. The van der Waals surface area contributed by atoms with E-state index in [0.29, 0.717) is 10.8 Å². The van der Waals surface area contributed by atoms with Crippen LogP contribution >= 0.6 is 34.7 Å². The van der Waals surface area contributed by atoms with Crippen molar-refractivity contribution in [1.82, 2.24) is 4.98 Å². The first kappa shape index (κ1) is 21.2. The Balaban J connectivity index is 1.38. The molecule has 0 spiro atoms. The number of carbonyl (C=O) groups excluding carboxylic acids is 1. The van der Waals surface area contributed by atoms with Crippen LogP contribution in [0.4, 0.5) is 11.4 Å². The normalized spacial score (nSPS) is 14.0. The summed E-state index contributed by atoms with van der Waals surface area (Å²) < 4.78 is 0.892. The van der Waals surface area contributed by atoms with Crippen molar-refractivity contribution in [2.75, 3.05) is 29.1 Å². The lowest BCUT2D eigenvalue weighted by Gasteiger charge is -2.30. The molecule has 30 heavy (non-hydrogen) atoms. The summed E-state index contributed by atoms with van der Waals surface area (Å²) in [5.74, 6) is 0.264. The number of nitrogens with zero attached hydrogens (tertiary/aromatic N) is 2. The first-order valence-electron chi connectivity index (χ1n) is 10.1. The number of nitrogens with one attached hydrogen (secondary N) is 1. The third-order valence-corrected chi connectivity index (χ3v) is 7.34. The monoisotopic (exact) mass is 457 g/mol. The summed E-state index contributed by atoms with van der Waals surface area (Å²) in [6.07, 6.45) is 3.62. The fraction of sp³-hybridized carbons (Fsp3) is 0.304. The standard InChI is InChI=1S/C23H24ClN3OS2/c1-16-5-7-17(8-6-16)20-14-29-23(26-20)30-15-22(28)25-19-13-18(24)9-10-21(19)27-11-3-2-4-12-27/h5-10,13-14H,2-4,11-12,15H2,1H3,(H,25,28). The number of hydrogen-bond donors (Lipinski definition) is 1. The summed E-state index contributed by atoms with van der Waals surface area (Å²) >= 11 is 9.23. The molecule has 7 heteroatoms. The molecule has 1 fully saturated rings. The van der Waals surface area contributed by atoms with Gasteiger partial charge in [-0.1, -0.05) is 53.2 Å². The minimum absolute atomic E-state index is 0.0485. The van der Waals surface area contributed by atoms with E-state index < -0.39 is 0 Å². The number of hydrogen-bond acceptors (Lipinski definition) is 5. The molecule has 2 heterocycles. The number of rotatable bonds is 6. The highest BCUT2D eigenvalue weighted by atomic mass is 35.5. The van der Waals surface area contributed by atoms with Gasteiger partial charge in [0.2, 0.25) is 5.91 Å². The molecule has 4 rings (SSSR count). The minimum atomic E-state index is -0.0485. The van der Waals surface area contributed by atoms with Gasteiger partial charge in [-0.05, 0) is 44.4 Å². The number of carbonyl (C=O) groups is 1. The van der Waals surface area contributed by atoms with Crippen LogP contribution in [0.15, 0.2) is 52.2 Å². The molecule has 1 aliphatic rings. The van der Waals surface area contributed by atoms with Gasteiger partial charge in [-0.15, -0.1) is 11.3 Å². The summed E-state index contributed by atoms with van der Waals surface area (Å²) in [4.78, 5) is 19.6. The number of aromatic nitrogens is 1. The highest BCUT2D eigenvalue weighted by molar-refractivity contribution is 8.01. The largest absolute Gasteiger partial charge is 0.370 e. The lowest BCUT2D eigenvalue weighted by molar-refractivity contribution is -0.113. The van der Waals surface area contributed by atoms with Crippen LogP contribution < -0.4 is 10.2 Å². The lowest BCUT2D eigenvalue weighted by atomic mass is 10.1. The number of thiazole rings is 1. The van der Waals surface area contributed by atoms with Gasteiger partial charge in [-0.2, -0.15) is 0 Å². The van der Waals surface area contributed by atoms with Gasteiger partial charge in [-0.25, -0.2) is 4.98 Å². The van der Waals surface area contributed by atoms with Crippen LogP contribution in [0.25, 0.3) is 11.3 Å². The second-order valence-electron chi connectivity index (χ2n) is 7.41. The van der Waals surface area contributed by atoms with E-state index in [1.165, 1.54) is 36.6 Å². The van der Waals surface area contributed by atoms with E-state index in [4.69, 9.17) is 11.6 Å². The van der Waals surface area contributed by atoms with E-state index >= 15 is 0 Å². The number of piperidine rings is 1. The van der Waals surface area contributed by atoms with Crippen LogP contribution in [-0.2, 0) is 4.79 Å². The van der Waals surface area contributed by atoms with Crippen molar-refractivity contribution in [3.05, 3.63) is 58.4 Å². The van der Waals surface area contributed by atoms with Crippen molar-refractivity contribution in [2.24, 2.45) is 0 Å². The molecule has 0 bridgehead atoms. The summed E-state index contributed by atoms with van der Waals surface area (Å²) in [6.45, 7) is 4.10. The fourth-order valence-corrected chi connectivity index (χ4v) is 5.32. The topological polar surface area (TPSA) is 45.2 Å². The molecular weight excluding hydrogens is 434 g/mol. The summed E-state index contributed by atoms with van der Waals surface area (Å²) in [5.41, 5.74) is 5.11. The zero-order valence-electron chi connectivity index (χ0n) is 16.9. The second kappa shape index (κ2) is 9.86. The molecule has 1 aliphatic heterocycles. The highest BCUT2D eigenvalue weighted by Gasteiger charge is 2.17. The molecule has 156 valence electrons. The van der Waals surface area contributed by atoms with Crippen LogP contribution in [0.3, 0.4) is 0 Å². The van der Waals surface area contributed by atoms with E-state index in [-0.39, 0.29) is 5.91 Å². The van der Waals surface area contributed by atoms with Crippen molar-refractivity contribution < 1.29 is 4.79 Å². The molecule has 0 aliphatic carbocycles. The summed E-state index contributed by atoms with van der Waals surface area (Å²) in [7, 11) is 0. The second-order valence-corrected chi connectivity index (χ2v) is 9.93. The van der Waals surface area contributed by atoms with Gasteiger partial charge in [0, 0.05) is 29.1 Å². The Labute approximate surface area is 190 Å². The van der Waals surface area contributed by atoms with Crippen LogP contribution in [0.2, 0.25) is 5.02 Å². The van der Waals surface area contributed by atoms with E-state index in [1.807, 2.05) is 23.6 Å². The van der Waals surface area contributed by atoms with E-state index in [1.54, 1.807) is 11.3 Å². The van der Waals surface area contributed by atoms with Gasteiger partial charge >= 0.3 is 0 Å². The Kier molecular flexibility index (Phi) is 6.97. The first-order chi connectivity index (χ1) is 14.6. The Morgan fingerprint density at radius 1 is 1.17 bits per heavy atom. The van der Waals surface area contributed by atoms with Gasteiger partial charge < -0.3 is 10.2 Å². The van der Waals surface area contributed by atoms with Gasteiger partial charge in [-0.3, -0.25) is 4.79 Å². The maximum absolute atomic E-state index is 12.6. The SMILES string of the molecule is Cc1ccc(-c2csc(SCC(=O)Nc3cc(Cl)ccc3N3CCCCC3)n2)cc1. The number of amides is 1. The van der Waals surface area contributed by atoms with Crippen molar-refractivity contribution >= 4 is 52.0 Å². The quantitative estimate of drug-likeness (QED) is 0.429. The molecule has 3 aromatic rings. The lowest BCUT2D eigenvalue weighted by Crippen LogP contribution is -2.30. The number of thioether (sulfide) groups is 1. The van der Waals surface area contributed by atoms with Crippen LogP contribution in [-0.4, -0.2) is 29.7 Å². The van der Waals surface area contributed by atoms with Gasteiger partial charge in [0.15, 0.2) is 4.34 Å². The Hall–Kier alpha value is -2.02. The van der Waals surface area contributed by atoms with Crippen LogP contribution in [0.1, 0.15) is 24.8 Å². The highest BCUT2D eigenvalue weighted by Crippen LogP contribution is 2.32. The average Bonchev–Trinajstić information content (AvgIpc) is 3.23. The van der Waals surface area contributed by atoms with Crippen molar-refractivity contribution in [3.63, 3.8) is 0 Å². The molecule has 1 N–H and O–H groups in total. The zero-order chi connectivity index (χ0) is 20.9. The number of aryl methyl sites for hydroxylation is 1. The van der Waals surface area contributed by atoms with Gasteiger partial charge in [0.05, 0.1) is 22.8 Å². The molecule has 1 saturated heterocycles. The van der Waals surface area contributed by atoms with Gasteiger partial charge in [0.1, 0.15) is 0 Å². The Bertz CT molecular complexity index is 1010. The zero-order valence-corrected chi connectivity index (χ0v) is 19.2. The molecule has 0 radical (unpaired) electrons. The molecule has 0 saturated carbocycles. The molecule has 0 atom stereocenters. The van der Waals surface area contributed by atoms with E-state index in [0.717, 1.165) is 40.1 Å². The first-order valence-corrected chi connectivity index (χ1v) is 12.3. The molecule has 4 nitrogen and oxygen atoms in total. The van der Waals surface area contributed by atoms with Crippen molar-refractivity contribution in [2.45, 2.75) is 30.5 Å². The van der Waals surface area contributed by atoms with Gasteiger partial charge in [0.25, 0.3) is 0 Å². The van der Waals surface area contributed by atoms with Crippen molar-refractivity contribution in [3.8, 4) is 11.3 Å². The maximum atomic E-state index is 12.6. The van der Waals surface area contributed by atoms with Crippen LogP contribution in [0, 0.1) is 6.92 Å². The number of anilines is 2. The smallest absolute Gasteiger partial charge is 0.234 e. The summed E-state index contributed by atoms with van der Waals surface area (Å²) in [6, 6.07) is 14.1. The molecule has 1 amide bonds. The van der Waals surface area contributed by atoms with E-state index in [2.05, 4.69) is 46.4 Å². The average molecular weight is 458 g/mol. The Morgan fingerprint density at radius 3 is 2.70 bits per heavy atom. The third-order valence-electron chi connectivity index (χ3n) is 5.09. The maximum Gasteiger partial charge on any atom is 0.234 e. The van der Waals surface area contributed by atoms with E-state index in [9.17, 15) is 4.79 Å². The fourth-order valence-electron chi connectivity index (χ4n) is 3.51. The predicted octanol–water partition coefficient (Wildman–Crippen LogP) is 6.49.